The van der Waals surface area contributed by atoms with Crippen molar-refractivity contribution < 1.29 is 8.42 Å². The van der Waals surface area contributed by atoms with Crippen LogP contribution in [0.4, 0.5) is 0 Å². The van der Waals surface area contributed by atoms with Crippen LogP contribution in [0.1, 0.15) is 38.7 Å². The van der Waals surface area contributed by atoms with Crippen molar-refractivity contribution in [2.45, 2.75) is 44.0 Å². The van der Waals surface area contributed by atoms with E-state index in [1.165, 1.54) is 6.26 Å². The quantitative estimate of drug-likeness (QED) is 0.863. The molecule has 2 atom stereocenters. The number of rotatable bonds is 6. The molecule has 1 rings (SSSR count). The van der Waals surface area contributed by atoms with Crippen LogP contribution in [0.2, 0.25) is 0 Å². The SMILES string of the molecule is CCCNC(C)C(C)c1ccccc1S(C)(=O)=O. The molecule has 3 nitrogen and oxygen atoms in total. The van der Waals surface area contributed by atoms with Gasteiger partial charge in [0.2, 0.25) is 0 Å². The summed E-state index contributed by atoms with van der Waals surface area (Å²) in [4.78, 5) is 0.447. The molecule has 0 fully saturated rings. The number of nitrogens with one attached hydrogen (secondary N) is 1. The van der Waals surface area contributed by atoms with Crippen molar-refractivity contribution in [3.8, 4) is 0 Å². The summed E-state index contributed by atoms with van der Waals surface area (Å²) in [5, 5.41) is 3.41. The predicted octanol–water partition coefficient (Wildman–Crippen LogP) is 2.58. The van der Waals surface area contributed by atoms with Crippen molar-refractivity contribution in [2.24, 2.45) is 0 Å². The zero-order valence-corrected chi connectivity index (χ0v) is 12.4. The largest absolute Gasteiger partial charge is 0.314 e. The van der Waals surface area contributed by atoms with Gasteiger partial charge in [0.15, 0.2) is 9.84 Å². The summed E-state index contributed by atoms with van der Waals surface area (Å²) in [5.41, 5.74) is 0.899. The molecule has 1 aromatic carbocycles. The van der Waals surface area contributed by atoms with E-state index >= 15 is 0 Å². The minimum absolute atomic E-state index is 0.169. The molecule has 0 spiro atoms. The van der Waals surface area contributed by atoms with Crippen LogP contribution in [-0.2, 0) is 9.84 Å². The molecule has 0 bridgehead atoms. The van der Waals surface area contributed by atoms with Crippen molar-refractivity contribution in [3.63, 3.8) is 0 Å². The van der Waals surface area contributed by atoms with Gasteiger partial charge in [-0.05, 0) is 37.4 Å². The maximum atomic E-state index is 11.8. The van der Waals surface area contributed by atoms with Crippen LogP contribution in [0, 0.1) is 0 Å². The summed E-state index contributed by atoms with van der Waals surface area (Å²) in [5.74, 6) is 0.169. The van der Waals surface area contributed by atoms with Gasteiger partial charge < -0.3 is 5.32 Å². The van der Waals surface area contributed by atoms with Gasteiger partial charge in [0.1, 0.15) is 0 Å². The first-order valence-corrected chi connectivity index (χ1v) is 8.29. The summed E-state index contributed by atoms with van der Waals surface area (Å²) in [6.07, 6.45) is 2.34. The monoisotopic (exact) mass is 269 g/mol. The van der Waals surface area contributed by atoms with Gasteiger partial charge >= 0.3 is 0 Å². The summed E-state index contributed by atoms with van der Waals surface area (Å²) >= 11 is 0. The highest BCUT2D eigenvalue weighted by Gasteiger charge is 2.20. The normalized spacial score (nSPS) is 15.3. The molecule has 0 heterocycles. The van der Waals surface area contributed by atoms with E-state index in [-0.39, 0.29) is 12.0 Å². The third kappa shape index (κ3) is 3.82. The average Bonchev–Trinajstić information content (AvgIpc) is 2.34. The Morgan fingerprint density at radius 3 is 2.39 bits per heavy atom. The fourth-order valence-electron chi connectivity index (χ4n) is 2.01. The molecule has 0 aromatic heterocycles. The molecular formula is C14H23NO2S. The number of benzene rings is 1. The molecule has 0 aliphatic heterocycles. The smallest absolute Gasteiger partial charge is 0.175 e. The number of hydrogen-bond donors (Lipinski definition) is 1. The third-order valence-electron chi connectivity index (χ3n) is 3.28. The molecule has 0 aliphatic carbocycles. The molecule has 2 unspecified atom stereocenters. The van der Waals surface area contributed by atoms with E-state index in [1.807, 2.05) is 12.1 Å². The molecule has 0 aliphatic rings. The van der Waals surface area contributed by atoms with E-state index in [1.54, 1.807) is 12.1 Å². The molecule has 0 amide bonds. The first-order chi connectivity index (χ1) is 8.38. The molecular weight excluding hydrogens is 246 g/mol. The predicted molar refractivity (Wildman–Crippen MR) is 75.7 cm³/mol. The molecule has 0 saturated heterocycles. The Morgan fingerprint density at radius 2 is 1.83 bits per heavy atom. The Kier molecular flexibility index (Phi) is 5.35. The molecule has 1 N–H and O–H groups in total. The zero-order chi connectivity index (χ0) is 13.8. The van der Waals surface area contributed by atoms with Crippen LogP contribution < -0.4 is 5.32 Å². The summed E-state index contributed by atoms with van der Waals surface area (Å²) in [7, 11) is -3.16. The number of hydrogen-bond acceptors (Lipinski definition) is 3. The maximum Gasteiger partial charge on any atom is 0.175 e. The van der Waals surface area contributed by atoms with Gasteiger partial charge in [-0.15, -0.1) is 0 Å². The van der Waals surface area contributed by atoms with Gasteiger partial charge in [-0.25, -0.2) is 8.42 Å². The molecule has 18 heavy (non-hydrogen) atoms. The van der Waals surface area contributed by atoms with Crippen LogP contribution in [-0.4, -0.2) is 27.3 Å². The van der Waals surface area contributed by atoms with Gasteiger partial charge in [0, 0.05) is 12.3 Å². The van der Waals surface area contributed by atoms with Gasteiger partial charge in [0.25, 0.3) is 0 Å². The standard InChI is InChI=1S/C14H23NO2S/c1-5-10-15-12(3)11(2)13-8-6-7-9-14(13)18(4,16)17/h6-9,11-12,15H,5,10H2,1-4H3. The van der Waals surface area contributed by atoms with Gasteiger partial charge in [-0.3, -0.25) is 0 Å². The first kappa shape index (κ1) is 15.2. The van der Waals surface area contributed by atoms with Crippen molar-refractivity contribution in [3.05, 3.63) is 29.8 Å². The fraction of sp³-hybridized carbons (Fsp3) is 0.571. The highest BCUT2D eigenvalue weighted by Crippen LogP contribution is 2.26. The Bertz CT molecular complexity index is 482. The lowest BCUT2D eigenvalue weighted by atomic mass is 9.94. The van der Waals surface area contributed by atoms with E-state index in [9.17, 15) is 8.42 Å². The van der Waals surface area contributed by atoms with Crippen LogP contribution in [0.5, 0.6) is 0 Å². The van der Waals surface area contributed by atoms with Gasteiger partial charge in [-0.2, -0.15) is 0 Å². The molecule has 0 saturated carbocycles. The Hall–Kier alpha value is -0.870. The molecule has 0 radical (unpaired) electrons. The maximum absolute atomic E-state index is 11.8. The van der Waals surface area contributed by atoms with Crippen molar-refractivity contribution in [1.82, 2.24) is 5.32 Å². The van der Waals surface area contributed by atoms with E-state index < -0.39 is 9.84 Å². The Balaban J connectivity index is 3.02. The summed E-state index contributed by atoms with van der Waals surface area (Å²) in [6.45, 7) is 7.23. The van der Waals surface area contributed by atoms with E-state index in [4.69, 9.17) is 0 Å². The van der Waals surface area contributed by atoms with Crippen LogP contribution in [0.3, 0.4) is 0 Å². The fourth-order valence-corrected chi connectivity index (χ4v) is 3.02. The Morgan fingerprint density at radius 1 is 1.22 bits per heavy atom. The lowest BCUT2D eigenvalue weighted by molar-refractivity contribution is 0.476. The highest BCUT2D eigenvalue weighted by atomic mass is 32.2. The second-order valence-electron chi connectivity index (χ2n) is 4.84. The lowest BCUT2D eigenvalue weighted by Crippen LogP contribution is -2.32. The zero-order valence-electron chi connectivity index (χ0n) is 11.6. The molecule has 102 valence electrons. The second-order valence-corrected chi connectivity index (χ2v) is 6.83. The molecule has 1 aromatic rings. The summed E-state index contributed by atoms with van der Waals surface area (Å²) in [6, 6.07) is 7.52. The topological polar surface area (TPSA) is 46.2 Å². The highest BCUT2D eigenvalue weighted by molar-refractivity contribution is 7.90. The number of sulfone groups is 1. The minimum atomic E-state index is -3.16. The van der Waals surface area contributed by atoms with Crippen molar-refractivity contribution >= 4 is 9.84 Å². The lowest BCUT2D eigenvalue weighted by Gasteiger charge is -2.23. The van der Waals surface area contributed by atoms with E-state index in [0.717, 1.165) is 18.5 Å². The summed E-state index contributed by atoms with van der Waals surface area (Å²) < 4.78 is 23.5. The van der Waals surface area contributed by atoms with E-state index in [2.05, 4.69) is 26.1 Å². The van der Waals surface area contributed by atoms with Crippen molar-refractivity contribution in [1.29, 1.82) is 0 Å². The van der Waals surface area contributed by atoms with Crippen molar-refractivity contribution in [2.75, 3.05) is 12.8 Å². The average molecular weight is 269 g/mol. The van der Waals surface area contributed by atoms with Crippen LogP contribution in [0.25, 0.3) is 0 Å². The van der Waals surface area contributed by atoms with Gasteiger partial charge in [0.05, 0.1) is 4.90 Å². The van der Waals surface area contributed by atoms with Crippen LogP contribution >= 0.6 is 0 Å². The Labute approximate surface area is 111 Å². The van der Waals surface area contributed by atoms with Gasteiger partial charge in [-0.1, -0.05) is 32.0 Å². The van der Waals surface area contributed by atoms with E-state index in [0.29, 0.717) is 4.90 Å². The third-order valence-corrected chi connectivity index (χ3v) is 4.45. The van der Waals surface area contributed by atoms with Crippen LogP contribution in [0.15, 0.2) is 29.2 Å². The minimum Gasteiger partial charge on any atom is -0.314 e. The molecule has 4 heteroatoms. The first-order valence-electron chi connectivity index (χ1n) is 6.40. The second kappa shape index (κ2) is 6.34.